The normalized spacial score (nSPS) is 19.8. The minimum absolute atomic E-state index is 0.00254. The van der Waals surface area contributed by atoms with Crippen LogP contribution in [0.25, 0.3) is 11.1 Å². The largest absolute Gasteiger partial charge is 0.481 e. The van der Waals surface area contributed by atoms with E-state index in [1.165, 1.54) is 11.1 Å². The maximum atomic E-state index is 12.6. The van der Waals surface area contributed by atoms with Crippen LogP contribution in [0, 0.1) is 5.92 Å². The van der Waals surface area contributed by atoms with Gasteiger partial charge in [-0.15, -0.1) is 0 Å². The van der Waals surface area contributed by atoms with Gasteiger partial charge >= 0.3 is 12.1 Å². The van der Waals surface area contributed by atoms with Gasteiger partial charge in [-0.2, -0.15) is 0 Å². The van der Waals surface area contributed by atoms with Crippen molar-refractivity contribution in [1.29, 1.82) is 0 Å². The van der Waals surface area contributed by atoms with E-state index in [0.29, 0.717) is 6.42 Å². The van der Waals surface area contributed by atoms with Gasteiger partial charge in [-0.25, -0.2) is 4.79 Å². The maximum Gasteiger partial charge on any atom is 0.407 e. The molecule has 2 amide bonds. The Hall–Kier alpha value is -3.35. The summed E-state index contributed by atoms with van der Waals surface area (Å²) in [6.45, 7) is 2.01. The minimum atomic E-state index is -0.804. The molecule has 7 nitrogen and oxygen atoms in total. The fourth-order valence-corrected chi connectivity index (χ4v) is 5.49. The van der Waals surface area contributed by atoms with Crippen LogP contribution in [0.4, 0.5) is 4.79 Å². The Kier molecular flexibility index (Phi) is 8.06. The Balaban J connectivity index is 1.25. The fourth-order valence-electron chi connectivity index (χ4n) is 5.49. The molecule has 0 radical (unpaired) electrons. The van der Waals surface area contributed by atoms with Crippen LogP contribution < -0.4 is 10.6 Å². The van der Waals surface area contributed by atoms with Crippen molar-refractivity contribution in [1.82, 2.24) is 10.6 Å². The lowest BCUT2D eigenvalue weighted by Gasteiger charge is -2.32. The van der Waals surface area contributed by atoms with E-state index in [2.05, 4.69) is 34.9 Å². The lowest BCUT2D eigenvalue weighted by Crippen LogP contribution is -2.45. The van der Waals surface area contributed by atoms with E-state index >= 15 is 0 Å². The molecule has 0 aromatic heterocycles. The molecule has 186 valence electrons. The smallest absolute Gasteiger partial charge is 0.407 e. The fraction of sp³-hybridized carbons (Fsp3) is 0.464. The first kappa shape index (κ1) is 24.8. The van der Waals surface area contributed by atoms with Crippen LogP contribution in [0.2, 0.25) is 0 Å². The van der Waals surface area contributed by atoms with Crippen molar-refractivity contribution in [2.45, 2.75) is 69.9 Å². The zero-order valence-corrected chi connectivity index (χ0v) is 20.2. The van der Waals surface area contributed by atoms with Gasteiger partial charge in [0.05, 0.1) is 0 Å². The van der Waals surface area contributed by atoms with E-state index in [0.717, 1.165) is 36.8 Å². The number of alkyl carbamates (subject to hydrolysis) is 1. The van der Waals surface area contributed by atoms with Crippen molar-refractivity contribution in [2.75, 3.05) is 6.61 Å². The Morgan fingerprint density at radius 1 is 1.00 bits per heavy atom. The topological polar surface area (TPSA) is 105 Å². The number of hydrogen-bond acceptors (Lipinski definition) is 4. The van der Waals surface area contributed by atoms with Gasteiger partial charge in [0.1, 0.15) is 6.61 Å². The number of hydrogen-bond donors (Lipinski definition) is 3. The van der Waals surface area contributed by atoms with Crippen LogP contribution in [0.15, 0.2) is 48.5 Å². The van der Waals surface area contributed by atoms with E-state index < -0.39 is 12.1 Å². The molecule has 2 aromatic carbocycles. The Labute approximate surface area is 206 Å². The lowest BCUT2D eigenvalue weighted by molar-refractivity contribution is -0.137. The van der Waals surface area contributed by atoms with Gasteiger partial charge in [0.15, 0.2) is 0 Å². The third-order valence-corrected chi connectivity index (χ3v) is 7.18. The minimum Gasteiger partial charge on any atom is -0.481 e. The van der Waals surface area contributed by atoms with Crippen molar-refractivity contribution in [3.05, 3.63) is 59.7 Å². The van der Waals surface area contributed by atoms with Gasteiger partial charge in [0, 0.05) is 30.8 Å². The first-order chi connectivity index (χ1) is 16.9. The lowest BCUT2D eigenvalue weighted by atomic mass is 9.81. The molecule has 4 rings (SSSR count). The van der Waals surface area contributed by atoms with Gasteiger partial charge in [-0.05, 0) is 54.4 Å². The third kappa shape index (κ3) is 6.21. The van der Waals surface area contributed by atoms with Crippen molar-refractivity contribution in [3.63, 3.8) is 0 Å². The number of fused-ring (bicyclic) bond motifs is 3. The predicted molar refractivity (Wildman–Crippen MR) is 133 cm³/mol. The molecular weight excluding hydrogens is 444 g/mol. The quantitative estimate of drug-likeness (QED) is 0.478. The van der Waals surface area contributed by atoms with Gasteiger partial charge in [0.2, 0.25) is 5.91 Å². The summed E-state index contributed by atoms with van der Waals surface area (Å²) in [5.74, 6) is -0.764. The summed E-state index contributed by atoms with van der Waals surface area (Å²) in [7, 11) is 0. The molecular formula is C28H34N2O5. The number of carboxylic acid groups (broad SMARTS) is 1. The first-order valence-corrected chi connectivity index (χ1v) is 12.5. The molecule has 2 aromatic rings. The molecule has 0 aliphatic heterocycles. The van der Waals surface area contributed by atoms with Crippen molar-refractivity contribution < 1.29 is 24.2 Å². The number of benzene rings is 2. The number of aliphatic carboxylic acids is 1. The summed E-state index contributed by atoms with van der Waals surface area (Å²) in [5, 5.41) is 14.8. The SMILES string of the molecule is C[C@H](CC(=O)NC1CCCCC1CCC(=O)O)NC(=O)OCC1c2ccccc2-c2ccccc21. The highest BCUT2D eigenvalue weighted by Crippen LogP contribution is 2.44. The summed E-state index contributed by atoms with van der Waals surface area (Å²) in [5.41, 5.74) is 4.65. The van der Waals surface area contributed by atoms with Gasteiger partial charge in [-0.3, -0.25) is 9.59 Å². The number of ether oxygens (including phenoxy) is 1. The first-order valence-electron chi connectivity index (χ1n) is 12.5. The van der Waals surface area contributed by atoms with E-state index in [1.807, 2.05) is 24.3 Å². The van der Waals surface area contributed by atoms with Crippen LogP contribution in [-0.4, -0.2) is 41.8 Å². The Bertz CT molecular complexity index is 1020. The van der Waals surface area contributed by atoms with Gasteiger partial charge < -0.3 is 20.5 Å². The third-order valence-electron chi connectivity index (χ3n) is 7.18. The molecule has 2 aliphatic carbocycles. The molecule has 1 saturated carbocycles. The second kappa shape index (κ2) is 11.4. The van der Waals surface area contributed by atoms with Crippen LogP contribution in [0.5, 0.6) is 0 Å². The molecule has 1 fully saturated rings. The zero-order valence-electron chi connectivity index (χ0n) is 20.2. The highest BCUT2D eigenvalue weighted by Gasteiger charge is 2.30. The monoisotopic (exact) mass is 478 g/mol. The molecule has 0 heterocycles. The molecule has 0 spiro atoms. The highest BCUT2D eigenvalue weighted by molar-refractivity contribution is 5.79. The van der Waals surface area contributed by atoms with Crippen molar-refractivity contribution in [3.8, 4) is 11.1 Å². The Morgan fingerprint density at radius 2 is 1.63 bits per heavy atom. The van der Waals surface area contributed by atoms with Gasteiger partial charge in [0.25, 0.3) is 0 Å². The second-order valence-electron chi connectivity index (χ2n) is 9.73. The Morgan fingerprint density at radius 3 is 2.29 bits per heavy atom. The summed E-state index contributed by atoms with van der Waals surface area (Å²) < 4.78 is 5.58. The summed E-state index contributed by atoms with van der Waals surface area (Å²) in [6.07, 6.45) is 4.20. The molecule has 3 atom stereocenters. The van der Waals surface area contributed by atoms with Crippen LogP contribution in [-0.2, 0) is 14.3 Å². The summed E-state index contributed by atoms with van der Waals surface area (Å²) in [6, 6.07) is 16.0. The highest BCUT2D eigenvalue weighted by atomic mass is 16.5. The molecule has 35 heavy (non-hydrogen) atoms. The molecule has 2 aliphatic rings. The van der Waals surface area contributed by atoms with Crippen LogP contribution >= 0.6 is 0 Å². The maximum absolute atomic E-state index is 12.6. The van der Waals surface area contributed by atoms with Crippen molar-refractivity contribution >= 4 is 18.0 Å². The number of rotatable bonds is 9. The van der Waals surface area contributed by atoms with Crippen LogP contribution in [0.3, 0.4) is 0 Å². The van der Waals surface area contributed by atoms with Crippen LogP contribution in [0.1, 0.15) is 68.9 Å². The predicted octanol–water partition coefficient (Wildman–Crippen LogP) is 4.84. The van der Waals surface area contributed by atoms with E-state index in [1.54, 1.807) is 6.92 Å². The molecule has 7 heteroatoms. The van der Waals surface area contributed by atoms with E-state index in [-0.39, 0.29) is 49.3 Å². The average molecular weight is 479 g/mol. The second-order valence-corrected chi connectivity index (χ2v) is 9.73. The number of nitrogens with one attached hydrogen (secondary N) is 2. The van der Waals surface area contributed by atoms with Crippen molar-refractivity contribution in [2.24, 2.45) is 5.92 Å². The number of amides is 2. The molecule has 0 saturated heterocycles. The zero-order chi connectivity index (χ0) is 24.8. The average Bonchev–Trinajstić information content (AvgIpc) is 3.15. The molecule has 2 unspecified atom stereocenters. The number of carbonyl (C=O) groups excluding carboxylic acids is 2. The summed E-state index contributed by atoms with van der Waals surface area (Å²) >= 11 is 0. The van der Waals surface area contributed by atoms with E-state index in [4.69, 9.17) is 9.84 Å². The number of carboxylic acids is 1. The van der Waals surface area contributed by atoms with E-state index in [9.17, 15) is 14.4 Å². The molecule has 0 bridgehead atoms. The molecule has 3 N–H and O–H groups in total. The van der Waals surface area contributed by atoms with Gasteiger partial charge in [-0.1, -0.05) is 61.4 Å². The standard InChI is InChI=1S/C28H34N2O5/c1-18(16-26(31)30-25-13-7-2-8-19(25)14-15-27(32)33)29-28(34)35-17-24-22-11-5-3-9-20(22)21-10-4-6-12-23(21)24/h3-6,9-12,18-19,24-25H,2,7-8,13-17H2,1H3,(H,29,34)(H,30,31)(H,32,33)/t18-,19?,25?/m1/s1. The summed E-state index contributed by atoms with van der Waals surface area (Å²) in [4.78, 5) is 36.0. The number of carbonyl (C=O) groups is 3.